The molecule has 3 heteroatoms. The second-order valence-electron chi connectivity index (χ2n) is 5.26. The average molecular weight is 220 g/mol. The lowest BCUT2D eigenvalue weighted by Gasteiger charge is -2.25. The van der Waals surface area contributed by atoms with Gasteiger partial charge in [0.15, 0.2) is 0 Å². The summed E-state index contributed by atoms with van der Waals surface area (Å²) in [5.74, 6) is 3.03. The number of rotatable bonds is 3. The highest BCUT2D eigenvalue weighted by Gasteiger charge is 2.37. The highest BCUT2D eigenvalue weighted by atomic mass is 16.3. The molecule has 2 atom stereocenters. The Morgan fingerprint density at radius 2 is 2.38 bits per heavy atom. The molecule has 2 bridgehead atoms. The molecule has 1 aromatic rings. The van der Waals surface area contributed by atoms with Gasteiger partial charge in [-0.1, -0.05) is 0 Å². The lowest BCUT2D eigenvalue weighted by molar-refractivity contribution is 0.189. The Hall–Kier alpha value is -0.800. The van der Waals surface area contributed by atoms with Crippen molar-refractivity contribution in [2.75, 3.05) is 6.54 Å². The molecule has 3 rings (SSSR count). The average Bonchev–Trinajstić information content (AvgIpc) is 2.93. The standard InChI is InChI=1S/C13H20N2O/c1-9-11(6-14)5-13(16-9)8-15-7-10-2-3-12(15)4-10/h5,10,12H,2-4,6-8,14H2,1H3. The van der Waals surface area contributed by atoms with Crippen LogP contribution in [-0.2, 0) is 13.1 Å². The van der Waals surface area contributed by atoms with Crippen LogP contribution in [0.25, 0.3) is 0 Å². The molecule has 2 N–H and O–H groups in total. The fourth-order valence-corrected chi connectivity index (χ4v) is 3.29. The van der Waals surface area contributed by atoms with E-state index in [1.54, 1.807) is 0 Å². The molecule has 0 aromatic carbocycles. The molecule has 0 radical (unpaired) electrons. The normalized spacial score (nSPS) is 29.1. The first-order valence-corrected chi connectivity index (χ1v) is 6.28. The van der Waals surface area contributed by atoms with Crippen LogP contribution in [0, 0.1) is 12.8 Å². The number of aryl methyl sites for hydroxylation is 1. The maximum Gasteiger partial charge on any atom is 0.118 e. The van der Waals surface area contributed by atoms with Crippen LogP contribution in [-0.4, -0.2) is 17.5 Å². The summed E-state index contributed by atoms with van der Waals surface area (Å²) < 4.78 is 5.75. The molecule has 2 unspecified atom stereocenters. The van der Waals surface area contributed by atoms with Crippen LogP contribution in [0.4, 0.5) is 0 Å². The second kappa shape index (κ2) is 3.90. The summed E-state index contributed by atoms with van der Waals surface area (Å²) >= 11 is 0. The van der Waals surface area contributed by atoms with E-state index in [1.165, 1.54) is 25.8 Å². The molecule has 1 saturated heterocycles. The van der Waals surface area contributed by atoms with Gasteiger partial charge in [0, 0.05) is 24.7 Å². The molecule has 1 aliphatic carbocycles. The molecule has 1 aliphatic heterocycles. The van der Waals surface area contributed by atoms with Gasteiger partial charge in [0.1, 0.15) is 11.5 Å². The van der Waals surface area contributed by atoms with E-state index in [4.69, 9.17) is 10.2 Å². The third-order valence-corrected chi connectivity index (χ3v) is 4.17. The van der Waals surface area contributed by atoms with Crippen LogP contribution in [0.2, 0.25) is 0 Å². The maximum absolute atomic E-state index is 5.75. The maximum atomic E-state index is 5.75. The predicted octanol–water partition coefficient (Wildman–Crippen LogP) is 2.03. The lowest BCUT2D eigenvalue weighted by Crippen LogP contribution is -2.31. The summed E-state index contributed by atoms with van der Waals surface area (Å²) in [4.78, 5) is 2.58. The van der Waals surface area contributed by atoms with E-state index in [0.29, 0.717) is 6.54 Å². The summed E-state index contributed by atoms with van der Waals surface area (Å²) in [7, 11) is 0. The summed E-state index contributed by atoms with van der Waals surface area (Å²) in [6.45, 7) is 4.83. The Labute approximate surface area is 96.6 Å². The van der Waals surface area contributed by atoms with Gasteiger partial charge < -0.3 is 10.2 Å². The summed E-state index contributed by atoms with van der Waals surface area (Å²) in [6, 6.07) is 2.94. The minimum Gasteiger partial charge on any atom is -0.465 e. The van der Waals surface area contributed by atoms with E-state index in [0.717, 1.165) is 35.6 Å². The molecule has 1 saturated carbocycles. The third-order valence-electron chi connectivity index (χ3n) is 4.17. The predicted molar refractivity (Wildman–Crippen MR) is 62.9 cm³/mol. The summed E-state index contributed by atoms with van der Waals surface area (Å²) in [5, 5.41) is 0. The Morgan fingerprint density at radius 1 is 1.50 bits per heavy atom. The zero-order chi connectivity index (χ0) is 11.1. The number of piperidine rings is 1. The van der Waals surface area contributed by atoms with Crippen molar-refractivity contribution in [3.63, 3.8) is 0 Å². The molecule has 2 aliphatic rings. The van der Waals surface area contributed by atoms with Gasteiger partial charge in [-0.05, 0) is 38.2 Å². The molecule has 2 fully saturated rings. The molecule has 2 heterocycles. The number of fused-ring (bicyclic) bond motifs is 2. The Morgan fingerprint density at radius 3 is 2.94 bits per heavy atom. The van der Waals surface area contributed by atoms with Crippen LogP contribution < -0.4 is 5.73 Å². The van der Waals surface area contributed by atoms with Crippen LogP contribution in [0.15, 0.2) is 10.5 Å². The summed E-state index contributed by atoms with van der Waals surface area (Å²) in [5.41, 5.74) is 6.81. The molecule has 1 aromatic heterocycles. The molecule has 16 heavy (non-hydrogen) atoms. The van der Waals surface area contributed by atoms with Gasteiger partial charge in [-0.25, -0.2) is 0 Å². The molecule has 0 amide bonds. The lowest BCUT2D eigenvalue weighted by atomic mass is 10.1. The van der Waals surface area contributed by atoms with Crippen molar-refractivity contribution >= 4 is 0 Å². The van der Waals surface area contributed by atoms with E-state index in [-0.39, 0.29) is 0 Å². The van der Waals surface area contributed by atoms with E-state index in [9.17, 15) is 0 Å². The van der Waals surface area contributed by atoms with Crippen molar-refractivity contribution in [2.24, 2.45) is 11.7 Å². The van der Waals surface area contributed by atoms with Gasteiger partial charge in [0.25, 0.3) is 0 Å². The number of nitrogens with two attached hydrogens (primary N) is 1. The molecule has 0 spiro atoms. The van der Waals surface area contributed by atoms with Gasteiger partial charge in [0.05, 0.1) is 6.54 Å². The van der Waals surface area contributed by atoms with Crippen LogP contribution >= 0.6 is 0 Å². The molecular weight excluding hydrogens is 200 g/mol. The van der Waals surface area contributed by atoms with E-state index in [1.807, 2.05) is 6.92 Å². The highest BCUT2D eigenvalue weighted by molar-refractivity contribution is 5.20. The smallest absolute Gasteiger partial charge is 0.118 e. The molecule has 88 valence electrons. The van der Waals surface area contributed by atoms with Crippen molar-refractivity contribution in [2.45, 2.75) is 45.3 Å². The number of hydrogen-bond acceptors (Lipinski definition) is 3. The molecular formula is C13H20N2O. The highest BCUT2D eigenvalue weighted by Crippen LogP contribution is 2.38. The largest absolute Gasteiger partial charge is 0.465 e. The van der Waals surface area contributed by atoms with Crippen molar-refractivity contribution in [1.29, 1.82) is 0 Å². The quantitative estimate of drug-likeness (QED) is 0.847. The van der Waals surface area contributed by atoms with Gasteiger partial charge >= 0.3 is 0 Å². The monoisotopic (exact) mass is 220 g/mol. The van der Waals surface area contributed by atoms with Crippen molar-refractivity contribution in [3.8, 4) is 0 Å². The number of likely N-dealkylation sites (tertiary alicyclic amines) is 1. The van der Waals surface area contributed by atoms with E-state index in [2.05, 4.69) is 11.0 Å². The topological polar surface area (TPSA) is 42.4 Å². The van der Waals surface area contributed by atoms with Gasteiger partial charge in [-0.3, -0.25) is 4.90 Å². The SMILES string of the molecule is Cc1oc(CN2CC3CCC2C3)cc1CN. The minimum absolute atomic E-state index is 0.585. The Balaban J connectivity index is 1.70. The van der Waals surface area contributed by atoms with Gasteiger partial charge in [0.2, 0.25) is 0 Å². The fourth-order valence-electron chi connectivity index (χ4n) is 3.29. The van der Waals surface area contributed by atoms with Crippen molar-refractivity contribution in [3.05, 3.63) is 23.2 Å². The van der Waals surface area contributed by atoms with Crippen LogP contribution in [0.1, 0.15) is 36.3 Å². The van der Waals surface area contributed by atoms with E-state index < -0.39 is 0 Å². The van der Waals surface area contributed by atoms with Crippen LogP contribution in [0.5, 0.6) is 0 Å². The third kappa shape index (κ3) is 1.68. The fraction of sp³-hybridized carbons (Fsp3) is 0.692. The Kier molecular flexibility index (Phi) is 2.52. The van der Waals surface area contributed by atoms with Crippen LogP contribution in [0.3, 0.4) is 0 Å². The zero-order valence-electron chi connectivity index (χ0n) is 9.91. The number of hydrogen-bond donors (Lipinski definition) is 1. The number of nitrogens with zero attached hydrogens (tertiary/aromatic N) is 1. The summed E-state index contributed by atoms with van der Waals surface area (Å²) in [6.07, 6.45) is 4.23. The second-order valence-corrected chi connectivity index (χ2v) is 5.26. The first kappa shape index (κ1) is 10.4. The van der Waals surface area contributed by atoms with Gasteiger partial charge in [-0.2, -0.15) is 0 Å². The minimum atomic E-state index is 0.585. The molecule has 3 nitrogen and oxygen atoms in total. The first-order valence-electron chi connectivity index (χ1n) is 6.28. The van der Waals surface area contributed by atoms with Crippen molar-refractivity contribution < 1.29 is 4.42 Å². The van der Waals surface area contributed by atoms with E-state index >= 15 is 0 Å². The zero-order valence-corrected chi connectivity index (χ0v) is 9.91. The first-order chi connectivity index (χ1) is 7.76. The van der Waals surface area contributed by atoms with Gasteiger partial charge in [-0.15, -0.1) is 0 Å². The Bertz CT molecular complexity index is 385. The van der Waals surface area contributed by atoms with Crippen molar-refractivity contribution in [1.82, 2.24) is 4.90 Å². The number of furan rings is 1.